The highest BCUT2D eigenvalue weighted by molar-refractivity contribution is 6.33. The van der Waals surface area contributed by atoms with E-state index >= 15 is 0 Å². The summed E-state index contributed by atoms with van der Waals surface area (Å²) in [5.41, 5.74) is 0.240. The number of carbonyl (C=O) groups excluding carboxylic acids is 1. The predicted octanol–water partition coefficient (Wildman–Crippen LogP) is 1.90. The number of aliphatic hydroxyl groups excluding tert-OH is 1. The monoisotopic (exact) mass is 316 g/mol. The van der Waals surface area contributed by atoms with Crippen LogP contribution in [0.4, 0.5) is 14.9 Å². The zero-order valence-corrected chi connectivity index (χ0v) is 12.0. The van der Waals surface area contributed by atoms with Crippen LogP contribution in [0.1, 0.15) is 5.56 Å². The fourth-order valence-corrected chi connectivity index (χ4v) is 1.58. The van der Waals surface area contributed by atoms with Crippen molar-refractivity contribution in [2.45, 2.75) is 0 Å². The van der Waals surface area contributed by atoms with Gasteiger partial charge in [-0.15, -0.1) is 0 Å². The Labute approximate surface area is 125 Å². The summed E-state index contributed by atoms with van der Waals surface area (Å²) >= 11 is 5.84. The Bertz CT molecular complexity index is 554. The number of amides is 2. The number of halogens is 2. The van der Waals surface area contributed by atoms with Gasteiger partial charge in [0.25, 0.3) is 0 Å². The molecule has 0 aliphatic rings. The van der Waals surface area contributed by atoms with Crippen molar-refractivity contribution in [2.75, 3.05) is 25.6 Å². The average Bonchev–Trinajstić information content (AvgIpc) is 2.46. The van der Waals surface area contributed by atoms with E-state index in [0.29, 0.717) is 5.56 Å². The second-order valence-electron chi connectivity index (χ2n) is 3.69. The van der Waals surface area contributed by atoms with Gasteiger partial charge in [0.2, 0.25) is 0 Å². The summed E-state index contributed by atoms with van der Waals surface area (Å²) in [4.78, 5) is 16.3. The van der Waals surface area contributed by atoms with Gasteiger partial charge in [-0.2, -0.15) is 5.10 Å². The van der Waals surface area contributed by atoms with E-state index in [1.165, 1.54) is 19.4 Å². The highest BCUT2D eigenvalue weighted by Gasteiger charge is 2.15. The largest absolute Gasteiger partial charge is 0.399 e. The van der Waals surface area contributed by atoms with Gasteiger partial charge in [0.05, 0.1) is 30.1 Å². The molecule has 7 nitrogen and oxygen atoms in total. The number of aliphatic hydroxyl groups is 1. The molecule has 1 rings (SSSR count). The summed E-state index contributed by atoms with van der Waals surface area (Å²) in [6.07, 6.45) is 1.27. The summed E-state index contributed by atoms with van der Waals surface area (Å²) < 4.78 is 13.8. The van der Waals surface area contributed by atoms with Crippen molar-refractivity contribution >= 4 is 36.3 Å². The molecule has 9 heteroatoms. The predicted molar refractivity (Wildman–Crippen MR) is 78.4 cm³/mol. The van der Waals surface area contributed by atoms with Gasteiger partial charge in [0, 0.05) is 12.3 Å². The lowest BCUT2D eigenvalue weighted by Crippen LogP contribution is -2.32. The van der Waals surface area contributed by atoms with E-state index in [9.17, 15) is 9.18 Å². The normalized spacial score (nSPS) is 10.5. The van der Waals surface area contributed by atoms with Crippen molar-refractivity contribution in [2.24, 2.45) is 10.3 Å². The highest BCUT2D eigenvalue weighted by atomic mass is 35.5. The van der Waals surface area contributed by atoms with E-state index in [2.05, 4.69) is 27.1 Å². The third-order valence-corrected chi connectivity index (χ3v) is 2.67. The van der Waals surface area contributed by atoms with Crippen molar-refractivity contribution in [1.82, 2.24) is 5.01 Å². The fraction of sp³-hybridized carbons (Fsp3) is 0.250. The van der Waals surface area contributed by atoms with Gasteiger partial charge in [-0.1, -0.05) is 16.8 Å². The molecule has 114 valence electrons. The van der Waals surface area contributed by atoms with Crippen LogP contribution in [-0.4, -0.2) is 49.3 Å². The quantitative estimate of drug-likeness (QED) is 0.621. The number of hydrogen-bond donors (Lipinski definition) is 2. The minimum absolute atomic E-state index is 0.0669. The first-order valence-corrected chi connectivity index (χ1v) is 6.12. The number of rotatable bonds is 6. The number of urea groups is 1. The minimum Gasteiger partial charge on any atom is -0.399 e. The Morgan fingerprint density at radius 1 is 1.67 bits per heavy atom. The average molecular weight is 317 g/mol. The molecule has 0 fully saturated rings. The number of nitrogens with zero attached hydrogens (tertiary/aromatic N) is 3. The maximum absolute atomic E-state index is 13.8. The lowest BCUT2D eigenvalue weighted by atomic mass is 10.2. The Morgan fingerprint density at radius 2 is 2.38 bits per heavy atom. The van der Waals surface area contributed by atoms with Gasteiger partial charge >= 0.3 is 6.03 Å². The number of oxime groups is 1. The number of hydrazone groups is 1. The summed E-state index contributed by atoms with van der Waals surface area (Å²) in [5, 5.41) is 19.0. The minimum atomic E-state index is -0.741. The lowest BCUT2D eigenvalue weighted by molar-refractivity contribution is 0.192. The second-order valence-corrected chi connectivity index (χ2v) is 4.10. The van der Waals surface area contributed by atoms with Gasteiger partial charge in [0.15, 0.2) is 0 Å². The number of hydrogen-bond acceptors (Lipinski definition) is 5. The Hall–Kier alpha value is -2.19. The third-order valence-electron chi connectivity index (χ3n) is 2.34. The van der Waals surface area contributed by atoms with E-state index in [0.717, 1.165) is 11.1 Å². The summed E-state index contributed by atoms with van der Waals surface area (Å²) in [7, 11) is 1.35. The molecule has 1 aromatic carbocycles. The molecule has 1 aromatic rings. The van der Waals surface area contributed by atoms with Crippen LogP contribution in [0.5, 0.6) is 0 Å². The van der Waals surface area contributed by atoms with Crippen molar-refractivity contribution in [3.63, 3.8) is 0 Å². The molecule has 0 atom stereocenters. The molecule has 0 aliphatic heterocycles. The van der Waals surface area contributed by atoms with Crippen molar-refractivity contribution in [1.29, 1.82) is 0 Å². The molecule has 0 saturated heterocycles. The molecule has 0 heterocycles. The van der Waals surface area contributed by atoms with Crippen LogP contribution in [0.15, 0.2) is 22.4 Å². The van der Waals surface area contributed by atoms with Gasteiger partial charge in [-0.05, 0) is 12.1 Å². The van der Waals surface area contributed by atoms with Crippen LogP contribution in [0, 0.1) is 5.82 Å². The van der Waals surface area contributed by atoms with Crippen LogP contribution in [0.3, 0.4) is 0 Å². The molecule has 0 spiro atoms. The van der Waals surface area contributed by atoms with Crippen LogP contribution >= 0.6 is 11.6 Å². The molecule has 0 radical (unpaired) electrons. The summed E-state index contributed by atoms with van der Waals surface area (Å²) in [6.45, 7) is 2.82. The SMILES string of the molecule is C=NN(CCO)C(=O)Nc1cc(C=NOC)c(Cl)cc1F. The maximum atomic E-state index is 13.8. The second kappa shape index (κ2) is 8.18. The molecule has 0 saturated carbocycles. The molecule has 21 heavy (non-hydrogen) atoms. The van der Waals surface area contributed by atoms with Crippen LogP contribution in [0.25, 0.3) is 0 Å². The van der Waals surface area contributed by atoms with Crippen molar-refractivity contribution < 1.29 is 19.1 Å². The van der Waals surface area contributed by atoms with E-state index in [1.54, 1.807) is 0 Å². The first kappa shape index (κ1) is 16.9. The van der Waals surface area contributed by atoms with E-state index in [-0.39, 0.29) is 23.9 Å². The van der Waals surface area contributed by atoms with Crippen molar-refractivity contribution in [3.05, 3.63) is 28.5 Å². The Kier molecular flexibility index (Phi) is 6.57. The molecular weight excluding hydrogens is 303 g/mol. The highest BCUT2D eigenvalue weighted by Crippen LogP contribution is 2.23. The van der Waals surface area contributed by atoms with Crippen LogP contribution in [-0.2, 0) is 4.84 Å². The first-order valence-electron chi connectivity index (χ1n) is 5.75. The summed E-state index contributed by atoms with van der Waals surface area (Å²) in [5.74, 6) is -0.726. The van der Waals surface area contributed by atoms with Gasteiger partial charge in [0.1, 0.15) is 12.9 Å². The van der Waals surface area contributed by atoms with Gasteiger partial charge in [-0.3, -0.25) is 0 Å². The zero-order chi connectivity index (χ0) is 15.8. The maximum Gasteiger partial charge on any atom is 0.342 e. The zero-order valence-electron chi connectivity index (χ0n) is 11.2. The van der Waals surface area contributed by atoms with Crippen molar-refractivity contribution in [3.8, 4) is 0 Å². The molecular formula is C12H14ClFN4O3. The Balaban J connectivity index is 2.99. The fourth-order valence-electron chi connectivity index (χ4n) is 1.38. The van der Waals surface area contributed by atoms with Crippen LogP contribution < -0.4 is 5.32 Å². The number of anilines is 1. The van der Waals surface area contributed by atoms with E-state index < -0.39 is 11.8 Å². The van der Waals surface area contributed by atoms with Gasteiger partial charge in [-0.25, -0.2) is 14.2 Å². The first-order chi connectivity index (χ1) is 10.0. The molecule has 2 amide bonds. The van der Waals surface area contributed by atoms with E-state index in [1.807, 2.05) is 0 Å². The molecule has 0 unspecified atom stereocenters. The topological polar surface area (TPSA) is 86.5 Å². The Morgan fingerprint density at radius 3 is 2.95 bits per heavy atom. The number of nitrogens with one attached hydrogen (secondary N) is 1. The lowest BCUT2D eigenvalue weighted by Gasteiger charge is -2.16. The standard InChI is InChI=1S/C12H14ClFN4O3/c1-15-18(3-4-19)12(20)17-11-5-8(7-16-21-2)9(13)6-10(11)14/h5-7,19H,1,3-4H2,2H3,(H,17,20). The smallest absolute Gasteiger partial charge is 0.342 e. The third kappa shape index (κ3) is 4.69. The number of carbonyl (C=O) groups is 1. The van der Waals surface area contributed by atoms with Gasteiger partial charge < -0.3 is 15.3 Å². The van der Waals surface area contributed by atoms with E-state index in [4.69, 9.17) is 16.7 Å². The van der Waals surface area contributed by atoms with Crippen LogP contribution in [0.2, 0.25) is 5.02 Å². The molecule has 0 bridgehead atoms. The molecule has 0 aliphatic carbocycles. The number of benzene rings is 1. The molecule has 0 aromatic heterocycles. The summed E-state index contributed by atoms with van der Waals surface area (Å²) in [6, 6.07) is 1.58. The molecule has 2 N–H and O–H groups in total.